The molecule has 0 saturated heterocycles. The van der Waals surface area contributed by atoms with E-state index in [-0.39, 0.29) is 5.91 Å². The third-order valence-electron chi connectivity index (χ3n) is 3.02. The molecular formula is C16H18N2O2. The van der Waals surface area contributed by atoms with Crippen LogP contribution in [-0.2, 0) is 11.2 Å². The number of aromatic nitrogens is 1. The summed E-state index contributed by atoms with van der Waals surface area (Å²) in [6.45, 7) is 1.98. The first-order valence-corrected chi connectivity index (χ1v) is 6.52. The smallest absolute Gasteiger partial charge is 0.224 e. The van der Waals surface area contributed by atoms with Gasteiger partial charge < -0.3 is 10.1 Å². The van der Waals surface area contributed by atoms with Crippen molar-refractivity contribution in [1.29, 1.82) is 0 Å². The van der Waals surface area contributed by atoms with Crippen molar-refractivity contribution < 1.29 is 9.53 Å². The Morgan fingerprint density at radius 3 is 2.70 bits per heavy atom. The fourth-order valence-corrected chi connectivity index (χ4v) is 1.94. The van der Waals surface area contributed by atoms with Crippen LogP contribution in [0.2, 0.25) is 0 Å². The normalized spacial score (nSPS) is 10.1. The Balaban J connectivity index is 1.96. The van der Waals surface area contributed by atoms with Gasteiger partial charge in [0.15, 0.2) is 0 Å². The van der Waals surface area contributed by atoms with E-state index in [1.54, 1.807) is 19.5 Å². The van der Waals surface area contributed by atoms with Crippen LogP contribution in [0, 0.1) is 6.92 Å². The van der Waals surface area contributed by atoms with E-state index in [0.29, 0.717) is 24.3 Å². The Hall–Kier alpha value is -2.36. The number of aryl methyl sites for hydroxylation is 2. The number of hydrogen-bond donors (Lipinski definition) is 1. The number of anilines is 1. The minimum atomic E-state index is -0.0225. The van der Waals surface area contributed by atoms with Gasteiger partial charge in [-0.2, -0.15) is 0 Å². The van der Waals surface area contributed by atoms with E-state index >= 15 is 0 Å². The second kappa shape index (κ2) is 6.70. The van der Waals surface area contributed by atoms with Crippen LogP contribution in [0.5, 0.6) is 5.75 Å². The van der Waals surface area contributed by atoms with Crippen molar-refractivity contribution in [3.8, 4) is 5.75 Å². The molecule has 0 bridgehead atoms. The van der Waals surface area contributed by atoms with E-state index in [9.17, 15) is 4.79 Å². The summed E-state index contributed by atoms with van der Waals surface area (Å²) in [5.74, 6) is 0.651. The summed E-state index contributed by atoms with van der Waals surface area (Å²) in [4.78, 5) is 15.9. The number of hydrogen-bond acceptors (Lipinski definition) is 3. The van der Waals surface area contributed by atoms with Crippen molar-refractivity contribution in [2.45, 2.75) is 19.8 Å². The van der Waals surface area contributed by atoms with E-state index in [2.05, 4.69) is 10.3 Å². The van der Waals surface area contributed by atoms with Gasteiger partial charge in [-0.15, -0.1) is 0 Å². The monoisotopic (exact) mass is 270 g/mol. The zero-order valence-corrected chi connectivity index (χ0v) is 11.7. The Kier molecular flexibility index (Phi) is 4.71. The SMILES string of the molecule is COc1ccc(C)cc1NC(=O)CCc1ccncc1. The molecule has 0 spiro atoms. The number of ether oxygens (including phenoxy) is 1. The first kappa shape index (κ1) is 14.1. The number of nitrogens with zero attached hydrogens (tertiary/aromatic N) is 1. The van der Waals surface area contributed by atoms with E-state index in [0.717, 1.165) is 11.1 Å². The molecule has 4 nitrogen and oxygen atoms in total. The molecule has 1 amide bonds. The van der Waals surface area contributed by atoms with Crippen LogP contribution in [0.15, 0.2) is 42.7 Å². The maximum atomic E-state index is 12.0. The molecule has 0 aliphatic carbocycles. The van der Waals surface area contributed by atoms with Crippen molar-refractivity contribution in [2.24, 2.45) is 0 Å². The summed E-state index contributed by atoms with van der Waals surface area (Å²) in [6, 6.07) is 9.55. The fourth-order valence-electron chi connectivity index (χ4n) is 1.94. The largest absolute Gasteiger partial charge is 0.495 e. The second-order valence-corrected chi connectivity index (χ2v) is 4.61. The predicted molar refractivity (Wildman–Crippen MR) is 78.9 cm³/mol. The molecule has 2 aromatic rings. The molecule has 1 aromatic heterocycles. The second-order valence-electron chi connectivity index (χ2n) is 4.61. The molecule has 0 radical (unpaired) electrons. The molecule has 0 unspecified atom stereocenters. The lowest BCUT2D eigenvalue weighted by Gasteiger charge is -2.11. The van der Waals surface area contributed by atoms with E-state index < -0.39 is 0 Å². The molecule has 1 heterocycles. The minimum Gasteiger partial charge on any atom is -0.495 e. The highest BCUT2D eigenvalue weighted by atomic mass is 16.5. The standard InChI is InChI=1S/C16H18N2O2/c1-12-3-5-15(20-2)14(11-12)18-16(19)6-4-13-7-9-17-10-8-13/h3,5,7-11H,4,6H2,1-2H3,(H,18,19). The van der Waals surface area contributed by atoms with Gasteiger partial charge >= 0.3 is 0 Å². The first-order chi connectivity index (χ1) is 9.69. The van der Waals surface area contributed by atoms with Gasteiger partial charge in [0.25, 0.3) is 0 Å². The van der Waals surface area contributed by atoms with Gasteiger partial charge in [-0.3, -0.25) is 9.78 Å². The third-order valence-corrected chi connectivity index (χ3v) is 3.02. The van der Waals surface area contributed by atoms with Crippen molar-refractivity contribution in [2.75, 3.05) is 12.4 Å². The van der Waals surface area contributed by atoms with Gasteiger partial charge in [0, 0.05) is 18.8 Å². The molecule has 104 valence electrons. The Morgan fingerprint density at radius 2 is 2.00 bits per heavy atom. The van der Waals surface area contributed by atoms with E-state index in [1.807, 2.05) is 37.3 Å². The maximum absolute atomic E-state index is 12.0. The summed E-state index contributed by atoms with van der Waals surface area (Å²) in [7, 11) is 1.59. The number of carbonyl (C=O) groups is 1. The van der Waals surface area contributed by atoms with Crippen molar-refractivity contribution in [3.05, 3.63) is 53.9 Å². The molecule has 0 saturated carbocycles. The highest BCUT2D eigenvalue weighted by Gasteiger charge is 2.08. The minimum absolute atomic E-state index is 0.0225. The highest BCUT2D eigenvalue weighted by molar-refractivity contribution is 5.92. The van der Waals surface area contributed by atoms with Gasteiger partial charge in [0.2, 0.25) is 5.91 Å². The van der Waals surface area contributed by atoms with E-state index in [4.69, 9.17) is 4.74 Å². The van der Waals surface area contributed by atoms with Gasteiger partial charge in [-0.05, 0) is 48.7 Å². The Morgan fingerprint density at radius 1 is 1.25 bits per heavy atom. The summed E-state index contributed by atoms with van der Waals surface area (Å²) in [5.41, 5.74) is 2.90. The number of rotatable bonds is 5. The number of nitrogens with one attached hydrogen (secondary N) is 1. The number of carbonyl (C=O) groups excluding carboxylic acids is 1. The lowest BCUT2D eigenvalue weighted by atomic mass is 10.1. The van der Waals surface area contributed by atoms with Gasteiger partial charge in [0.05, 0.1) is 12.8 Å². The number of benzene rings is 1. The van der Waals surface area contributed by atoms with Crippen LogP contribution >= 0.6 is 0 Å². The van der Waals surface area contributed by atoms with Gasteiger partial charge in [0.1, 0.15) is 5.75 Å². The predicted octanol–water partition coefficient (Wildman–Crippen LogP) is 2.97. The lowest BCUT2D eigenvalue weighted by Crippen LogP contribution is -2.13. The summed E-state index contributed by atoms with van der Waals surface area (Å²) in [6.07, 6.45) is 4.59. The number of amides is 1. The molecule has 0 fully saturated rings. The third kappa shape index (κ3) is 3.82. The molecule has 4 heteroatoms. The van der Waals surface area contributed by atoms with Crippen LogP contribution in [-0.4, -0.2) is 18.0 Å². The Bertz CT molecular complexity index is 582. The summed E-state index contributed by atoms with van der Waals surface area (Å²) < 4.78 is 5.24. The van der Waals surface area contributed by atoms with E-state index in [1.165, 1.54) is 0 Å². The zero-order valence-electron chi connectivity index (χ0n) is 11.7. The lowest BCUT2D eigenvalue weighted by molar-refractivity contribution is -0.116. The summed E-state index contributed by atoms with van der Waals surface area (Å²) in [5, 5.41) is 2.89. The molecule has 0 aliphatic heterocycles. The molecule has 1 N–H and O–H groups in total. The highest BCUT2D eigenvalue weighted by Crippen LogP contribution is 2.25. The van der Waals surface area contributed by atoms with Crippen molar-refractivity contribution in [3.63, 3.8) is 0 Å². The molecule has 0 aliphatic rings. The van der Waals surface area contributed by atoms with Crippen LogP contribution in [0.3, 0.4) is 0 Å². The Labute approximate surface area is 118 Å². The number of methoxy groups -OCH3 is 1. The zero-order chi connectivity index (χ0) is 14.4. The van der Waals surface area contributed by atoms with Crippen molar-refractivity contribution in [1.82, 2.24) is 4.98 Å². The average Bonchev–Trinajstić information content (AvgIpc) is 2.46. The fraction of sp³-hybridized carbons (Fsp3) is 0.250. The number of pyridine rings is 1. The first-order valence-electron chi connectivity index (χ1n) is 6.52. The topological polar surface area (TPSA) is 51.2 Å². The summed E-state index contributed by atoms with van der Waals surface area (Å²) >= 11 is 0. The van der Waals surface area contributed by atoms with Crippen LogP contribution in [0.4, 0.5) is 5.69 Å². The van der Waals surface area contributed by atoms with Gasteiger partial charge in [-0.1, -0.05) is 6.07 Å². The molecule has 0 atom stereocenters. The van der Waals surface area contributed by atoms with Crippen LogP contribution < -0.4 is 10.1 Å². The molecule has 1 aromatic carbocycles. The average molecular weight is 270 g/mol. The quantitative estimate of drug-likeness (QED) is 0.908. The molecular weight excluding hydrogens is 252 g/mol. The van der Waals surface area contributed by atoms with Crippen LogP contribution in [0.25, 0.3) is 0 Å². The maximum Gasteiger partial charge on any atom is 0.224 e. The van der Waals surface area contributed by atoms with Gasteiger partial charge in [-0.25, -0.2) is 0 Å². The molecule has 2 rings (SSSR count). The van der Waals surface area contributed by atoms with Crippen molar-refractivity contribution >= 4 is 11.6 Å². The molecule has 20 heavy (non-hydrogen) atoms. The van der Waals surface area contributed by atoms with Crippen LogP contribution in [0.1, 0.15) is 17.5 Å².